The lowest BCUT2D eigenvalue weighted by Crippen LogP contribution is -2.32. The van der Waals surface area contributed by atoms with Crippen molar-refractivity contribution < 1.29 is 9.32 Å². The first-order valence-electron chi connectivity index (χ1n) is 8.88. The van der Waals surface area contributed by atoms with E-state index in [9.17, 15) is 4.79 Å². The molecular formula is C22H24N2O2. The molecule has 0 saturated carbocycles. The number of carbonyl (C=O) groups is 1. The van der Waals surface area contributed by atoms with Crippen LogP contribution in [0.25, 0.3) is 0 Å². The molecule has 1 atom stereocenters. The summed E-state index contributed by atoms with van der Waals surface area (Å²) in [7, 11) is 0. The summed E-state index contributed by atoms with van der Waals surface area (Å²) in [4.78, 5) is 12.7. The highest BCUT2D eigenvalue weighted by Crippen LogP contribution is 2.26. The molecule has 3 rings (SSSR count). The third-order valence-electron chi connectivity index (χ3n) is 4.80. The lowest BCUT2D eigenvalue weighted by Gasteiger charge is -2.20. The van der Waals surface area contributed by atoms with Crippen LogP contribution in [0, 0.1) is 13.8 Å². The summed E-state index contributed by atoms with van der Waals surface area (Å²) in [6.45, 7) is 6.14. The molecule has 1 aromatic heterocycles. The number of aromatic nitrogens is 1. The molecule has 4 heteroatoms. The normalized spacial score (nSPS) is 12.2. The van der Waals surface area contributed by atoms with Gasteiger partial charge in [-0.25, -0.2) is 0 Å². The van der Waals surface area contributed by atoms with Crippen molar-refractivity contribution in [3.63, 3.8) is 0 Å². The van der Waals surface area contributed by atoms with Gasteiger partial charge in [-0.1, -0.05) is 65.8 Å². The van der Waals surface area contributed by atoms with E-state index in [1.165, 1.54) is 11.1 Å². The molecule has 0 aliphatic carbocycles. The quantitative estimate of drug-likeness (QED) is 0.721. The highest BCUT2D eigenvalue weighted by Gasteiger charge is 2.24. The van der Waals surface area contributed by atoms with E-state index in [4.69, 9.17) is 4.52 Å². The predicted octanol–water partition coefficient (Wildman–Crippen LogP) is 4.34. The number of nitrogens with zero attached hydrogens (tertiary/aromatic N) is 1. The Hall–Kier alpha value is -2.88. The highest BCUT2D eigenvalue weighted by atomic mass is 16.5. The SMILES string of the molecule is Cc1noc(C)c1[C@@H](C)C(=O)NCC(c1ccccc1)c1ccccc1. The first-order chi connectivity index (χ1) is 12.6. The minimum Gasteiger partial charge on any atom is -0.361 e. The number of carbonyl (C=O) groups excluding carboxylic acids is 1. The molecule has 0 saturated heterocycles. The number of nitrogens with one attached hydrogen (secondary N) is 1. The number of benzene rings is 2. The van der Waals surface area contributed by atoms with Crippen molar-refractivity contribution in [3.8, 4) is 0 Å². The average molecular weight is 348 g/mol. The Labute approximate surface area is 154 Å². The zero-order valence-corrected chi connectivity index (χ0v) is 15.4. The molecule has 26 heavy (non-hydrogen) atoms. The van der Waals surface area contributed by atoms with Crippen LogP contribution in [-0.2, 0) is 4.79 Å². The van der Waals surface area contributed by atoms with Crippen LogP contribution in [0.5, 0.6) is 0 Å². The molecule has 1 amide bonds. The van der Waals surface area contributed by atoms with Gasteiger partial charge in [0.05, 0.1) is 11.6 Å². The predicted molar refractivity (Wildman–Crippen MR) is 102 cm³/mol. The fraction of sp³-hybridized carbons (Fsp3) is 0.273. The van der Waals surface area contributed by atoms with Crippen LogP contribution < -0.4 is 5.32 Å². The largest absolute Gasteiger partial charge is 0.361 e. The van der Waals surface area contributed by atoms with Crippen molar-refractivity contribution in [2.24, 2.45) is 0 Å². The zero-order valence-electron chi connectivity index (χ0n) is 15.4. The molecule has 0 aliphatic heterocycles. The number of hydrogen-bond donors (Lipinski definition) is 1. The molecule has 2 aromatic carbocycles. The summed E-state index contributed by atoms with van der Waals surface area (Å²) in [6.07, 6.45) is 0. The molecular weight excluding hydrogens is 324 g/mol. The summed E-state index contributed by atoms with van der Waals surface area (Å²) < 4.78 is 5.20. The smallest absolute Gasteiger partial charge is 0.227 e. The maximum Gasteiger partial charge on any atom is 0.227 e. The molecule has 0 radical (unpaired) electrons. The van der Waals surface area contributed by atoms with E-state index >= 15 is 0 Å². The fourth-order valence-electron chi connectivity index (χ4n) is 3.39. The lowest BCUT2D eigenvalue weighted by molar-refractivity contribution is -0.122. The van der Waals surface area contributed by atoms with Crippen LogP contribution in [-0.4, -0.2) is 17.6 Å². The minimum absolute atomic E-state index is 0.0173. The first-order valence-corrected chi connectivity index (χ1v) is 8.88. The monoisotopic (exact) mass is 348 g/mol. The van der Waals surface area contributed by atoms with Gasteiger partial charge in [-0.15, -0.1) is 0 Å². The second kappa shape index (κ2) is 8.00. The van der Waals surface area contributed by atoms with Gasteiger partial charge in [-0.2, -0.15) is 0 Å². The molecule has 0 unspecified atom stereocenters. The van der Waals surface area contributed by atoms with Gasteiger partial charge in [0.1, 0.15) is 5.76 Å². The van der Waals surface area contributed by atoms with Crippen molar-refractivity contribution in [1.82, 2.24) is 10.5 Å². The summed E-state index contributed by atoms with van der Waals surface area (Å²) in [5, 5.41) is 7.07. The Morgan fingerprint density at radius 3 is 2.00 bits per heavy atom. The second-order valence-corrected chi connectivity index (χ2v) is 6.58. The summed E-state index contributed by atoms with van der Waals surface area (Å²) >= 11 is 0. The second-order valence-electron chi connectivity index (χ2n) is 6.58. The number of hydrogen-bond acceptors (Lipinski definition) is 3. The highest BCUT2D eigenvalue weighted by molar-refractivity contribution is 5.83. The lowest BCUT2D eigenvalue weighted by atomic mass is 9.91. The summed E-state index contributed by atoms with van der Waals surface area (Å²) in [5.74, 6) is 0.496. The van der Waals surface area contributed by atoms with Crippen molar-refractivity contribution >= 4 is 5.91 Å². The van der Waals surface area contributed by atoms with Gasteiger partial charge in [0.2, 0.25) is 5.91 Å². The van der Waals surface area contributed by atoms with Crippen LogP contribution in [0.2, 0.25) is 0 Å². The van der Waals surface area contributed by atoms with Gasteiger partial charge in [-0.05, 0) is 31.9 Å². The minimum atomic E-state index is -0.298. The van der Waals surface area contributed by atoms with E-state index in [1.807, 2.05) is 57.2 Å². The molecule has 0 bridgehead atoms. The maximum absolute atomic E-state index is 12.7. The van der Waals surface area contributed by atoms with Crippen LogP contribution >= 0.6 is 0 Å². The van der Waals surface area contributed by atoms with Crippen molar-refractivity contribution in [1.29, 1.82) is 0 Å². The van der Waals surface area contributed by atoms with Gasteiger partial charge in [0, 0.05) is 18.0 Å². The van der Waals surface area contributed by atoms with Gasteiger partial charge in [0.15, 0.2) is 0 Å². The Balaban J connectivity index is 1.77. The first kappa shape index (κ1) is 17.9. The molecule has 0 aliphatic rings. The van der Waals surface area contributed by atoms with Crippen molar-refractivity contribution in [2.45, 2.75) is 32.6 Å². The van der Waals surface area contributed by atoms with E-state index in [-0.39, 0.29) is 17.7 Å². The van der Waals surface area contributed by atoms with Crippen LogP contribution in [0.15, 0.2) is 65.2 Å². The van der Waals surface area contributed by atoms with Crippen LogP contribution in [0.3, 0.4) is 0 Å². The molecule has 1 heterocycles. The molecule has 4 nitrogen and oxygen atoms in total. The number of aryl methyl sites for hydroxylation is 2. The van der Waals surface area contributed by atoms with Crippen LogP contribution in [0.1, 0.15) is 46.9 Å². The molecule has 0 spiro atoms. The Morgan fingerprint density at radius 2 is 1.54 bits per heavy atom. The van der Waals surface area contributed by atoms with Crippen LogP contribution in [0.4, 0.5) is 0 Å². The van der Waals surface area contributed by atoms with E-state index in [0.717, 1.165) is 11.3 Å². The molecule has 0 fully saturated rings. The third kappa shape index (κ3) is 3.85. The van der Waals surface area contributed by atoms with Gasteiger partial charge in [0.25, 0.3) is 0 Å². The summed E-state index contributed by atoms with van der Waals surface area (Å²) in [5.41, 5.74) is 4.01. The van der Waals surface area contributed by atoms with Crippen molar-refractivity contribution in [2.75, 3.05) is 6.54 Å². The van der Waals surface area contributed by atoms with E-state index in [1.54, 1.807) is 0 Å². The molecule has 3 aromatic rings. The Bertz CT molecular complexity index is 797. The Morgan fingerprint density at radius 1 is 1.00 bits per heavy atom. The maximum atomic E-state index is 12.7. The fourth-order valence-corrected chi connectivity index (χ4v) is 3.39. The van der Waals surface area contributed by atoms with E-state index < -0.39 is 0 Å². The van der Waals surface area contributed by atoms with E-state index in [2.05, 4.69) is 34.7 Å². The standard InChI is InChI=1S/C22H24N2O2/c1-15(21-16(2)24-26-17(21)3)22(25)23-14-20(18-10-6-4-7-11-18)19-12-8-5-9-13-19/h4-13,15,20H,14H2,1-3H3,(H,23,25)/t15-/m1/s1. The molecule has 1 N–H and O–H groups in total. The average Bonchev–Trinajstić information content (AvgIpc) is 3.01. The molecule has 134 valence electrons. The Kier molecular flexibility index (Phi) is 5.52. The van der Waals surface area contributed by atoms with Gasteiger partial charge >= 0.3 is 0 Å². The topological polar surface area (TPSA) is 55.1 Å². The summed E-state index contributed by atoms with van der Waals surface area (Å²) in [6, 6.07) is 20.5. The van der Waals surface area contributed by atoms with Gasteiger partial charge in [-0.3, -0.25) is 4.79 Å². The van der Waals surface area contributed by atoms with Gasteiger partial charge < -0.3 is 9.84 Å². The van der Waals surface area contributed by atoms with E-state index in [0.29, 0.717) is 12.3 Å². The van der Waals surface area contributed by atoms with Crippen molar-refractivity contribution in [3.05, 3.63) is 88.8 Å². The number of rotatable bonds is 6. The number of amides is 1. The zero-order chi connectivity index (χ0) is 18.5. The third-order valence-corrected chi connectivity index (χ3v) is 4.80.